The van der Waals surface area contributed by atoms with E-state index in [1.165, 1.54) is 0 Å². The highest BCUT2D eigenvalue weighted by atomic mass is 16.7. The van der Waals surface area contributed by atoms with Crippen molar-refractivity contribution in [2.75, 3.05) is 0 Å². The number of hydrogen-bond donors (Lipinski definition) is 0. The Morgan fingerprint density at radius 2 is 1.50 bits per heavy atom. The third-order valence-electron chi connectivity index (χ3n) is 2.13. The molecular weight excluding hydrogens is 152 g/mol. The molecule has 70 valence electrons. The average molecular weight is 170 g/mol. The molecule has 0 aliphatic carbocycles. The highest BCUT2D eigenvalue weighted by Crippen LogP contribution is 2.26. The van der Waals surface area contributed by atoms with Gasteiger partial charge in [0.05, 0.1) is 0 Å². The Morgan fingerprint density at radius 3 is 1.83 bits per heavy atom. The normalized spacial score (nSPS) is 28.3. The van der Waals surface area contributed by atoms with Gasteiger partial charge >= 0.3 is 0 Å². The summed E-state index contributed by atoms with van der Waals surface area (Å²) >= 11 is 0. The molecule has 0 bridgehead atoms. The van der Waals surface area contributed by atoms with Crippen molar-refractivity contribution >= 4 is 0 Å². The SMILES string of the molecule is C=C1OC(CCC)C(CCC)O1. The Balaban J connectivity index is 2.41. The van der Waals surface area contributed by atoms with Gasteiger partial charge in [-0.1, -0.05) is 26.7 Å². The van der Waals surface area contributed by atoms with Crippen LogP contribution >= 0.6 is 0 Å². The topological polar surface area (TPSA) is 18.5 Å². The van der Waals surface area contributed by atoms with Crippen molar-refractivity contribution in [3.05, 3.63) is 12.5 Å². The van der Waals surface area contributed by atoms with Crippen LogP contribution in [0.1, 0.15) is 39.5 Å². The zero-order valence-corrected chi connectivity index (χ0v) is 8.01. The van der Waals surface area contributed by atoms with Gasteiger partial charge in [0.25, 0.3) is 5.95 Å². The van der Waals surface area contributed by atoms with Crippen molar-refractivity contribution < 1.29 is 9.47 Å². The Morgan fingerprint density at radius 1 is 1.08 bits per heavy atom. The molecule has 0 aromatic rings. The van der Waals surface area contributed by atoms with Gasteiger partial charge in [0.1, 0.15) is 12.2 Å². The maximum Gasteiger partial charge on any atom is 0.272 e. The lowest BCUT2D eigenvalue weighted by molar-refractivity contribution is 0.137. The van der Waals surface area contributed by atoms with Gasteiger partial charge in [0.15, 0.2) is 0 Å². The summed E-state index contributed by atoms with van der Waals surface area (Å²) in [7, 11) is 0. The van der Waals surface area contributed by atoms with E-state index in [-0.39, 0.29) is 12.2 Å². The maximum absolute atomic E-state index is 5.45. The van der Waals surface area contributed by atoms with E-state index < -0.39 is 0 Å². The molecule has 1 saturated heterocycles. The second-order valence-corrected chi connectivity index (χ2v) is 3.26. The molecule has 0 amide bonds. The summed E-state index contributed by atoms with van der Waals surface area (Å²) < 4.78 is 10.9. The van der Waals surface area contributed by atoms with Crippen LogP contribution in [0.25, 0.3) is 0 Å². The molecule has 2 unspecified atom stereocenters. The first kappa shape index (κ1) is 9.43. The molecule has 2 atom stereocenters. The molecule has 0 aromatic carbocycles. The summed E-state index contributed by atoms with van der Waals surface area (Å²) in [4.78, 5) is 0. The van der Waals surface area contributed by atoms with Crippen LogP contribution in [0, 0.1) is 0 Å². The third kappa shape index (κ3) is 2.16. The van der Waals surface area contributed by atoms with Crippen LogP contribution in [-0.2, 0) is 9.47 Å². The van der Waals surface area contributed by atoms with Gasteiger partial charge in [0, 0.05) is 0 Å². The van der Waals surface area contributed by atoms with Crippen LogP contribution in [0.3, 0.4) is 0 Å². The van der Waals surface area contributed by atoms with Gasteiger partial charge in [-0.25, -0.2) is 0 Å². The molecule has 0 aromatic heterocycles. The predicted molar refractivity (Wildman–Crippen MR) is 48.7 cm³/mol. The first-order valence-corrected chi connectivity index (χ1v) is 4.80. The Hall–Kier alpha value is -0.660. The second kappa shape index (κ2) is 4.39. The van der Waals surface area contributed by atoms with E-state index >= 15 is 0 Å². The molecule has 0 radical (unpaired) electrons. The van der Waals surface area contributed by atoms with Gasteiger partial charge in [-0.15, -0.1) is 0 Å². The molecule has 1 fully saturated rings. The predicted octanol–water partition coefficient (Wildman–Crippen LogP) is 2.84. The lowest BCUT2D eigenvalue weighted by Crippen LogP contribution is -2.21. The van der Waals surface area contributed by atoms with Crippen LogP contribution in [0.15, 0.2) is 12.5 Å². The van der Waals surface area contributed by atoms with E-state index in [1.54, 1.807) is 0 Å². The minimum absolute atomic E-state index is 0.252. The van der Waals surface area contributed by atoms with Crippen molar-refractivity contribution in [1.82, 2.24) is 0 Å². The summed E-state index contributed by atoms with van der Waals surface area (Å²) in [5.41, 5.74) is 0. The first-order valence-electron chi connectivity index (χ1n) is 4.80. The molecular formula is C10H18O2. The van der Waals surface area contributed by atoms with Gasteiger partial charge < -0.3 is 9.47 Å². The highest BCUT2D eigenvalue weighted by molar-refractivity contribution is 4.86. The van der Waals surface area contributed by atoms with Crippen LogP contribution in [0.5, 0.6) is 0 Å². The summed E-state index contributed by atoms with van der Waals surface area (Å²) in [5, 5.41) is 0. The monoisotopic (exact) mass is 170 g/mol. The number of hydrogen-bond acceptors (Lipinski definition) is 2. The molecule has 2 nitrogen and oxygen atoms in total. The van der Waals surface area contributed by atoms with Gasteiger partial charge in [-0.2, -0.15) is 0 Å². The minimum atomic E-state index is 0.252. The van der Waals surface area contributed by atoms with E-state index in [1.807, 2.05) is 0 Å². The van der Waals surface area contributed by atoms with E-state index in [2.05, 4.69) is 20.4 Å². The molecule has 1 aliphatic heterocycles. The largest absolute Gasteiger partial charge is 0.459 e. The first-order chi connectivity index (χ1) is 5.77. The molecule has 12 heavy (non-hydrogen) atoms. The lowest BCUT2D eigenvalue weighted by atomic mass is 10.1. The zero-order chi connectivity index (χ0) is 8.97. The van der Waals surface area contributed by atoms with Crippen molar-refractivity contribution in [2.45, 2.75) is 51.7 Å². The fourth-order valence-electron chi connectivity index (χ4n) is 1.58. The number of ether oxygens (including phenoxy) is 2. The van der Waals surface area contributed by atoms with E-state index in [4.69, 9.17) is 9.47 Å². The van der Waals surface area contributed by atoms with Crippen molar-refractivity contribution in [1.29, 1.82) is 0 Å². The Kier molecular flexibility index (Phi) is 3.45. The molecule has 2 heteroatoms. The van der Waals surface area contributed by atoms with Crippen LogP contribution in [-0.4, -0.2) is 12.2 Å². The highest BCUT2D eigenvalue weighted by Gasteiger charge is 2.31. The minimum Gasteiger partial charge on any atom is -0.459 e. The maximum atomic E-state index is 5.45. The van der Waals surface area contributed by atoms with Crippen molar-refractivity contribution in [3.63, 3.8) is 0 Å². The summed E-state index contributed by atoms with van der Waals surface area (Å²) in [6.45, 7) is 8.00. The molecule has 1 aliphatic rings. The van der Waals surface area contributed by atoms with Crippen LogP contribution in [0.4, 0.5) is 0 Å². The van der Waals surface area contributed by atoms with E-state index in [0.717, 1.165) is 25.7 Å². The molecule has 1 heterocycles. The summed E-state index contributed by atoms with van der Waals surface area (Å²) in [6.07, 6.45) is 4.93. The van der Waals surface area contributed by atoms with Gasteiger partial charge in [0.2, 0.25) is 0 Å². The Bertz CT molecular complexity index is 138. The van der Waals surface area contributed by atoms with Crippen molar-refractivity contribution in [3.8, 4) is 0 Å². The average Bonchev–Trinajstić information content (AvgIpc) is 2.33. The quantitative estimate of drug-likeness (QED) is 0.646. The van der Waals surface area contributed by atoms with Crippen molar-refractivity contribution in [2.24, 2.45) is 0 Å². The molecule has 1 rings (SSSR count). The molecule has 0 saturated carbocycles. The standard InChI is InChI=1S/C10H18O2/c1-4-6-9-10(7-5-2)12-8(3)11-9/h9-10H,3-7H2,1-2H3. The van der Waals surface area contributed by atoms with E-state index in [0.29, 0.717) is 5.95 Å². The smallest absolute Gasteiger partial charge is 0.272 e. The summed E-state index contributed by atoms with van der Waals surface area (Å²) in [6, 6.07) is 0. The summed E-state index contributed by atoms with van der Waals surface area (Å²) in [5.74, 6) is 0.506. The zero-order valence-electron chi connectivity index (χ0n) is 8.01. The molecule has 0 N–H and O–H groups in total. The van der Waals surface area contributed by atoms with E-state index in [9.17, 15) is 0 Å². The van der Waals surface area contributed by atoms with Gasteiger partial charge in [-0.3, -0.25) is 0 Å². The second-order valence-electron chi connectivity index (χ2n) is 3.26. The fourth-order valence-corrected chi connectivity index (χ4v) is 1.58. The van der Waals surface area contributed by atoms with Crippen LogP contribution in [0.2, 0.25) is 0 Å². The lowest BCUT2D eigenvalue weighted by Gasteiger charge is -2.13. The third-order valence-corrected chi connectivity index (χ3v) is 2.13. The van der Waals surface area contributed by atoms with Crippen LogP contribution < -0.4 is 0 Å². The van der Waals surface area contributed by atoms with Gasteiger partial charge in [-0.05, 0) is 19.4 Å². The Labute approximate surface area is 74.6 Å². The molecule has 0 spiro atoms. The number of rotatable bonds is 4. The fraction of sp³-hybridized carbons (Fsp3) is 0.800.